The highest BCUT2D eigenvalue weighted by Gasteiger charge is 2.17. The molecule has 5 heteroatoms. The van der Waals surface area contributed by atoms with Crippen molar-refractivity contribution in [1.29, 1.82) is 0 Å². The average molecular weight is 300 g/mol. The number of hydrogen-bond acceptors (Lipinski definition) is 2. The molecule has 1 atom stereocenters. The molecule has 0 saturated heterocycles. The van der Waals surface area contributed by atoms with Crippen LogP contribution in [0.1, 0.15) is 71.1 Å². The molecule has 0 radical (unpaired) electrons. The molecule has 0 saturated carbocycles. The molecule has 0 spiro atoms. The summed E-state index contributed by atoms with van der Waals surface area (Å²) in [6.07, 6.45) is 9.91. The molecule has 0 aromatic rings. The Balaban J connectivity index is 0. The lowest BCUT2D eigenvalue weighted by Gasteiger charge is -2.00. The summed E-state index contributed by atoms with van der Waals surface area (Å²) in [5, 5.41) is 17.4. The van der Waals surface area contributed by atoms with Gasteiger partial charge in [-0.3, -0.25) is 9.59 Å². The standard InChI is InChI=1S/C16H26O4.H2O/c1-2-3-4-5-6-7-8-9-10-11-12-14(16(19)20)13-15(17)18;/h14H,2-10,13H2,1H3,(H,17,18)(H,19,20);1H2. The summed E-state index contributed by atoms with van der Waals surface area (Å²) in [5.74, 6) is 1.96. The summed E-state index contributed by atoms with van der Waals surface area (Å²) < 4.78 is 0. The van der Waals surface area contributed by atoms with E-state index in [0.717, 1.165) is 12.8 Å². The van der Waals surface area contributed by atoms with E-state index in [1.165, 1.54) is 38.5 Å². The van der Waals surface area contributed by atoms with Gasteiger partial charge in [0.2, 0.25) is 0 Å². The van der Waals surface area contributed by atoms with E-state index in [9.17, 15) is 9.59 Å². The maximum Gasteiger partial charge on any atom is 0.319 e. The summed E-state index contributed by atoms with van der Waals surface area (Å²) in [7, 11) is 0. The molecule has 4 N–H and O–H groups in total. The quantitative estimate of drug-likeness (QED) is 0.452. The molecule has 0 aromatic heterocycles. The Morgan fingerprint density at radius 1 is 0.952 bits per heavy atom. The molecular formula is C16H28O5. The number of rotatable bonds is 11. The third-order valence-corrected chi connectivity index (χ3v) is 3.11. The Morgan fingerprint density at radius 3 is 1.95 bits per heavy atom. The lowest BCUT2D eigenvalue weighted by atomic mass is 10.1. The van der Waals surface area contributed by atoms with Crippen LogP contribution in [0.15, 0.2) is 0 Å². The van der Waals surface area contributed by atoms with Crippen molar-refractivity contribution in [3.05, 3.63) is 0 Å². The fourth-order valence-corrected chi connectivity index (χ4v) is 1.92. The molecule has 1 unspecified atom stereocenters. The summed E-state index contributed by atoms with van der Waals surface area (Å²) in [6, 6.07) is 0. The molecule has 5 nitrogen and oxygen atoms in total. The highest BCUT2D eigenvalue weighted by molar-refractivity contribution is 5.80. The van der Waals surface area contributed by atoms with E-state index < -0.39 is 24.3 Å². The summed E-state index contributed by atoms with van der Waals surface area (Å²) in [4.78, 5) is 21.2. The Bertz CT molecular complexity index is 340. The van der Waals surface area contributed by atoms with Gasteiger partial charge in [-0.1, -0.05) is 57.8 Å². The topological polar surface area (TPSA) is 106 Å². The van der Waals surface area contributed by atoms with Crippen molar-refractivity contribution in [2.45, 2.75) is 71.1 Å². The van der Waals surface area contributed by atoms with Gasteiger partial charge in [-0.2, -0.15) is 0 Å². The predicted molar refractivity (Wildman–Crippen MR) is 82.0 cm³/mol. The van der Waals surface area contributed by atoms with Crippen LogP contribution < -0.4 is 0 Å². The largest absolute Gasteiger partial charge is 0.481 e. The second kappa shape index (κ2) is 14.9. The van der Waals surface area contributed by atoms with Gasteiger partial charge >= 0.3 is 11.9 Å². The molecule has 0 amide bonds. The fourth-order valence-electron chi connectivity index (χ4n) is 1.92. The molecule has 122 valence electrons. The van der Waals surface area contributed by atoms with Gasteiger partial charge in [0, 0.05) is 6.42 Å². The summed E-state index contributed by atoms with van der Waals surface area (Å²) in [6.45, 7) is 2.20. The predicted octanol–water partition coefficient (Wildman–Crippen LogP) is 2.87. The second-order valence-corrected chi connectivity index (χ2v) is 5.03. The van der Waals surface area contributed by atoms with Gasteiger partial charge in [-0.15, -0.1) is 5.92 Å². The Hall–Kier alpha value is -1.54. The van der Waals surface area contributed by atoms with Crippen molar-refractivity contribution in [2.24, 2.45) is 5.92 Å². The van der Waals surface area contributed by atoms with Crippen LogP contribution in [0.3, 0.4) is 0 Å². The molecule has 0 aliphatic heterocycles. The highest BCUT2D eigenvalue weighted by Crippen LogP contribution is 2.09. The molecule has 0 fully saturated rings. The Morgan fingerprint density at radius 2 is 1.48 bits per heavy atom. The van der Waals surface area contributed by atoms with E-state index in [4.69, 9.17) is 10.2 Å². The van der Waals surface area contributed by atoms with Crippen molar-refractivity contribution in [1.82, 2.24) is 0 Å². The lowest BCUT2D eigenvalue weighted by Crippen LogP contribution is -2.15. The number of unbranched alkanes of at least 4 members (excludes halogenated alkanes) is 8. The summed E-state index contributed by atoms with van der Waals surface area (Å²) in [5.41, 5.74) is 0. The number of hydrogen-bond donors (Lipinski definition) is 2. The lowest BCUT2D eigenvalue weighted by molar-refractivity contribution is -0.146. The van der Waals surface area contributed by atoms with Crippen molar-refractivity contribution in [3.8, 4) is 11.8 Å². The first-order valence-electron chi connectivity index (χ1n) is 7.51. The van der Waals surface area contributed by atoms with E-state index in [0.29, 0.717) is 6.42 Å². The van der Waals surface area contributed by atoms with E-state index in [1.807, 2.05) is 0 Å². The van der Waals surface area contributed by atoms with Gasteiger partial charge < -0.3 is 15.7 Å². The molecule has 0 bridgehead atoms. The monoisotopic (exact) mass is 300 g/mol. The first-order valence-corrected chi connectivity index (χ1v) is 7.51. The number of aliphatic carboxylic acids is 2. The molecule has 0 rings (SSSR count). The number of carboxylic acids is 2. The van der Waals surface area contributed by atoms with Gasteiger partial charge in [-0.05, 0) is 6.42 Å². The normalized spacial score (nSPS) is 10.9. The Labute approximate surface area is 127 Å². The smallest absolute Gasteiger partial charge is 0.319 e. The van der Waals surface area contributed by atoms with Crippen LogP contribution >= 0.6 is 0 Å². The first kappa shape index (κ1) is 21.8. The molecule has 0 heterocycles. The zero-order chi connectivity index (χ0) is 15.2. The van der Waals surface area contributed by atoms with Crippen LogP contribution in [0, 0.1) is 17.8 Å². The van der Waals surface area contributed by atoms with E-state index >= 15 is 0 Å². The van der Waals surface area contributed by atoms with Crippen LogP contribution in [-0.2, 0) is 9.59 Å². The maximum atomic E-state index is 10.8. The zero-order valence-electron chi connectivity index (χ0n) is 12.9. The van der Waals surface area contributed by atoms with Crippen LogP contribution in [0.25, 0.3) is 0 Å². The Kier molecular flexibility index (Phi) is 15.4. The van der Waals surface area contributed by atoms with E-state index in [-0.39, 0.29) is 5.48 Å². The van der Waals surface area contributed by atoms with Crippen molar-refractivity contribution >= 4 is 11.9 Å². The van der Waals surface area contributed by atoms with E-state index in [2.05, 4.69) is 18.8 Å². The summed E-state index contributed by atoms with van der Waals surface area (Å²) >= 11 is 0. The van der Waals surface area contributed by atoms with E-state index in [1.54, 1.807) is 0 Å². The van der Waals surface area contributed by atoms with Crippen molar-refractivity contribution in [3.63, 3.8) is 0 Å². The zero-order valence-corrected chi connectivity index (χ0v) is 12.9. The van der Waals surface area contributed by atoms with Crippen LogP contribution in [0.2, 0.25) is 0 Å². The van der Waals surface area contributed by atoms with Gasteiger partial charge in [0.05, 0.1) is 6.42 Å². The minimum Gasteiger partial charge on any atom is -0.481 e. The van der Waals surface area contributed by atoms with Crippen molar-refractivity contribution in [2.75, 3.05) is 0 Å². The molecule has 0 aliphatic carbocycles. The maximum absolute atomic E-state index is 10.8. The third kappa shape index (κ3) is 14.7. The minimum atomic E-state index is -1.16. The second-order valence-electron chi connectivity index (χ2n) is 5.03. The number of carbonyl (C=O) groups is 2. The molecule has 0 aromatic carbocycles. The first-order chi connectivity index (χ1) is 9.57. The highest BCUT2D eigenvalue weighted by atomic mass is 16.4. The number of carboxylic acid groups (broad SMARTS) is 2. The molecule has 21 heavy (non-hydrogen) atoms. The minimum absolute atomic E-state index is 0. The van der Waals surface area contributed by atoms with Crippen LogP contribution in [-0.4, -0.2) is 27.6 Å². The van der Waals surface area contributed by atoms with Gasteiger partial charge in [0.25, 0.3) is 0 Å². The van der Waals surface area contributed by atoms with Gasteiger partial charge in [0.15, 0.2) is 0 Å². The third-order valence-electron chi connectivity index (χ3n) is 3.11. The van der Waals surface area contributed by atoms with Gasteiger partial charge in [0.1, 0.15) is 5.92 Å². The average Bonchev–Trinajstić information content (AvgIpc) is 2.39. The molecule has 0 aliphatic rings. The SMILES string of the molecule is CCCCCCCCCCC#CC(CC(=O)O)C(=O)O.O. The van der Waals surface area contributed by atoms with Crippen LogP contribution in [0.4, 0.5) is 0 Å². The van der Waals surface area contributed by atoms with Gasteiger partial charge in [-0.25, -0.2) is 0 Å². The van der Waals surface area contributed by atoms with Crippen molar-refractivity contribution < 1.29 is 25.3 Å². The van der Waals surface area contributed by atoms with Crippen LogP contribution in [0.5, 0.6) is 0 Å². The fraction of sp³-hybridized carbons (Fsp3) is 0.750. The molecular weight excluding hydrogens is 272 g/mol.